The fraction of sp³-hybridized carbons (Fsp3) is 0.125. The number of esters is 1. The molecule has 0 aliphatic heterocycles. The van der Waals surface area contributed by atoms with Gasteiger partial charge in [0.25, 0.3) is 10.1 Å². The van der Waals surface area contributed by atoms with Crippen molar-refractivity contribution in [1.29, 1.82) is 0 Å². The van der Waals surface area contributed by atoms with Gasteiger partial charge in [0.2, 0.25) is 0 Å². The number of rotatable bonds is 9. The van der Waals surface area contributed by atoms with Gasteiger partial charge in [0.15, 0.2) is 0 Å². The van der Waals surface area contributed by atoms with Crippen molar-refractivity contribution in [2.75, 3.05) is 25.1 Å². The van der Waals surface area contributed by atoms with Crippen LogP contribution in [0, 0.1) is 0 Å². The number of benzene rings is 3. The van der Waals surface area contributed by atoms with Crippen molar-refractivity contribution < 1.29 is 22.5 Å². The standard InChI is InChI=1S/C24H22ClN3O5S/c1-28(16-17-33-24(29)15-8-18-6-9-19(25)10-7-18)21-13-11-20(12-14-21)26-27-22-4-2-3-5-23(22)34(30,31)32/h2-15H,16-17H2,1H3,(H,30,31,32). The van der Waals surface area contributed by atoms with Gasteiger partial charge in [-0.15, -0.1) is 5.11 Å². The third kappa shape index (κ3) is 7.51. The molecule has 8 nitrogen and oxygen atoms in total. The summed E-state index contributed by atoms with van der Waals surface area (Å²) >= 11 is 5.83. The quantitative estimate of drug-likeness (QED) is 0.175. The molecular formula is C24H22ClN3O5S. The van der Waals surface area contributed by atoms with Gasteiger partial charge in [-0.1, -0.05) is 35.9 Å². The predicted octanol–water partition coefficient (Wildman–Crippen LogP) is 5.69. The number of ether oxygens (including phenoxy) is 1. The molecule has 3 aromatic carbocycles. The first kappa shape index (κ1) is 25.1. The molecule has 1 N–H and O–H groups in total. The van der Waals surface area contributed by atoms with Gasteiger partial charge in [-0.05, 0) is 60.2 Å². The van der Waals surface area contributed by atoms with Gasteiger partial charge in [-0.3, -0.25) is 4.55 Å². The molecule has 0 radical (unpaired) electrons. The maximum Gasteiger partial charge on any atom is 0.330 e. The molecule has 0 heterocycles. The summed E-state index contributed by atoms with van der Waals surface area (Å²) < 4.78 is 37.4. The summed E-state index contributed by atoms with van der Waals surface area (Å²) in [6.07, 6.45) is 3.02. The zero-order chi connectivity index (χ0) is 24.6. The minimum Gasteiger partial charge on any atom is -0.461 e. The van der Waals surface area contributed by atoms with Crippen LogP contribution in [0.25, 0.3) is 6.08 Å². The van der Waals surface area contributed by atoms with Crippen LogP contribution in [0.4, 0.5) is 17.1 Å². The highest BCUT2D eigenvalue weighted by molar-refractivity contribution is 7.86. The van der Waals surface area contributed by atoms with Crippen LogP contribution in [0.2, 0.25) is 5.02 Å². The average Bonchev–Trinajstić information content (AvgIpc) is 2.82. The Kier molecular flexibility index (Phi) is 8.53. The molecule has 0 unspecified atom stereocenters. The van der Waals surface area contributed by atoms with Gasteiger partial charge in [0, 0.05) is 23.8 Å². The third-order valence-corrected chi connectivity index (χ3v) is 5.81. The lowest BCUT2D eigenvalue weighted by Gasteiger charge is -2.18. The van der Waals surface area contributed by atoms with E-state index in [0.717, 1.165) is 11.3 Å². The van der Waals surface area contributed by atoms with Gasteiger partial charge >= 0.3 is 5.97 Å². The zero-order valence-electron chi connectivity index (χ0n) is 18.2. The average molecular weight is 500 g/mol. The van der Waals surface area contributed by atoms with Crippen LogP contribution in [0.3, 0.4) is 0 Å². The van der Waals surface area contributed by atoms with Gasteiger partial charge in [0.05, 0.1) is 12.2 Å². The van der Waals surface area contributed by atoms with E-state index in [2.05, 4.69) is 10.2 Å². The molecule has 34 heavy (non-hydrogen) atoms. The van der Waals surface area contributed by atoms with E-state index in [1.807, 2.05) is 24.1 Å². The maximum atomic E-state index is 11.9. The largest absolute Gasteiger partial charge is 0.461 e. The molecule has 10 heteroatoms. The first-order chi connectivity index (χ1) is 16.2. The second kappa shape index (κ2) is 11.6. The summed E-state index contributed by atoms with van der Waals surface area (Å²) in [6, 6.07) is 19.9. The van der Waals surface area contributed by atoms with E-state index >= 15 is 0 Å². The molecule has 176 valence electrons. The predicted molar refractivity (Wildman–Crippen MR) is 132 cm³/mol. The van der Waals surface area contributed by atoms with Gasteiger partial charge < -0.3 is 9.64 Å². The lowest BCUT2D eigenvalue weighted by molar-refractivity contribution is -0.137. The minimum atomic E-state index is -4.40. The van der Waals surface area contributed by atoms with Crippen molar-refractivity contribution >= 4 is 50.8 Å². The number of carbonyl (C=O) groups excluding carboxylic acids is 1. The van der Waals surface area contributed by atoms with E-state index in [9.17, 15) is 17.8 Å². The van der Waals surface area contributed by atoms with Crippen molar-refractivity contribution in [3.8, 4) is 0 Å². The normalized spacial score (nSPS) is 11.7. The maximum absolute atomic E-state index is 11.9. The summed E-state index contributed by atoms with van der Waals surface area (Å²) in [6.45, 7) is 0.678. The van der Waals surface area contributed by atoms with E-state index in [4.69, 9.17) is 16.3 Å². The van der Waals surface area contributed by atoms with Gasteiger partial charge in [-0.25, -0.2) is 4.79 Å². The molecule has 0 aliphatic carbocycles. The number of carbonyl (C=O) groups is 1. The monoisotopic (exact) mass is 499 g/mol. The summed E-state index contributed by atoms with van der Waals surface area (Å²) in [5.41, 5.74) is 2.25. The van der Waals surface area contributed by atoms with Crippen LogP contribution in [-0.2, 0) is 19.6 Å². The highest BCUT2D eigenvalue weighted by Crippen LogP contribution is 2.26. The Bertz CT molecular complexity index is 1290. The Labute approximate surface area is 202 Å². The second-order valence-corrected chi connectivity index (χ2v) is 8.96. The van der Waals surface area contributed by atoms with Crippen molar-refractivity contribution in [2.24, 2.45) is 10.2 Å². The highest BCUT2D eigenvalue weighted by Gasteiger charge is 2.14. The van der Waals surface area contributed by atoms with Crippen molar-refractivity contribution in [2.45, 2.75) is 4.90 Å². The Morgan fingerprint density at radius 1 is 1.03 bits per heavy atom. The number of nitrogens with zero attached hydrogens (tertiary/aromatic N) is 3. The lowest BCUT2D eigenvalue weighted by Crippen LogP contribution is -2.23. The Morgan fingerprint density at radius 2 is 1.71 bits per heavy atom. The number of hydrogen-bond donors (Lipinski definition) is 1. The lowest BCUT2D eigenvalue weighted by atomic mass is 10.2. The second-order valence-electron chi connectivity index (χ2n) is 7.13. The van der Waals surface area contributed by atoms with Crippen LogP contribution < -0.4 is 4.90 Å². The van der Waals surface area contributed by atoms with E-state index < -0.39 is 16.1 Å². The zero-order valence-corrected chi connectivity index (χ0v) is 19.8. The molecule has 3 aromatic rings. The number of halogens is 1. The SMILES string of the molecule is CN(CCOC(=O)C=Cc1ccc(Cl)cc1)c1ccc(N=Nc2ccccc2S(=O)(=O)O)cc1. The Morgan fingerprint density at radius 3 is 2.38 bits per heavy atom. The molecule has 0 spiro atoms. The van der Waals surface area contributed by atoms with Gasteiger partial charge in [0.1, 0.15) is 17.2 Å². The highest BCUT2D eigenvalue weighted by atomic mass is 35.5. The summed E-state index contributed by atoms with van der Waals surface area (Å²) in [4.78, 5) is 13.5. The smallest absolute Gasteiger partial charge is 0.330 e. The van der Waals surface area contributed by atoms with E-state index in [0.29, 0.717) is 17.3 Å². The van der Waals surface area contributed by atoms with E-state index in [1.54, 1.807) is 48.5 Å². The molecule has 0 amide bonds. The van der Waals surface area contributed by atoms with Gasteiger partial charge in [-0.2, -0.15) is 13.5 Å². The summed E-state index contributed by atoms with van der Waals surface area (Å²) in [7, 11) is -2.54. The van der Waals surface area contributed by atoms with Crippen LogP contribution in [0.5, 0.6) is 0 Å². The first-order valence-electron chi connectivity index (χ1n) is 10.1. The van der Waals surface area contributed by atoms with E-state index in [1.165, 1.54) is 24.3 Å². The molecule has 0 aromatic heterocycles. The molecule has 0 aliphatic rings. The van der Waals surface area contributed by atoms with Crippen LogP contribution >= 0.6 is 11.6 Å². The summed E-state index contributed by atoms with van der Waals surface area (Å²) in [5, 5.41) is 8.59. The number of hydrogen-bond acceptors (Lipinski definition) is 7. The molecule has 3 rings (SSSR count). The molecule has 0 saturated heterocycles. The minimum absolute atomic E-state index is 0.0399. The molecule has 0 bridgehead atoms. The fourth-order valence-corrected chi connectivity index (χ4v) is 3.59. The van der Waals surface area contributed by atoms with Crippen LogP contribution in [-0.4, -0.2) is 39.1 Å². The Balaban J connectivity index is 1.51. The van der Waals surface area contributed by atoms with Crippen LogP contribution in [0.15, 0.2) is 94.0 Å². The topological polar surface area (TPSA) is 109 Å². The van der Waals surface area contributed by atoms with E-state index in [-0.39, 0.29) is 17.2 Å². The number of anilines is 1. The first-order valence-corrected chi connectivity index (χ1v) is 11.9. The molecule has 0 fully saturated rings. The molecular weight excluding hydrogens is 478 g/mol. The number of azo groups is 1. The molecule has 0 atom stereocenters. The summed E-state index contributed by atoms with van der Waals surface area (Å²) in [5.74, 6) is -0.440. The van der Waals surface area contributed by atoms with Crippen molar-refractivity contribution in [3.63, 3.8) is 0 Å². The van der Waals surface area contributed by atoms with Crippen molar-refractivity contribution in [3.05, 3.63) is 89.5 Å². The number of likely N-dealkylation sites (N-methyl/N-ethyl adjacent to an activating group) is 1. The molecule has 0 saturated carbocycles. The van der Waals surface area contributed by atoms with Crippen LogP contribution in [0.1, 0.15) is 5.56 Å². The third-order valence-electron chi connectivity index (χ3n) is 4.66. The fourth-order valence-electron chi connectivity index (χ4n) is 2.84. The van der Waals surface area contributed by atoms with Crippen molar-refractivity contribution in [1.82, 2.24) is 0 Å². The Hall–Kier alpha value is -3.53.